The van der Waals surface area contributed by atoms with E-state index in [-0.39, 0.29) is 11.9 Å². The predicted molar refractivity (Wildman–Crippen MR) is 87.0 cm³/mol. The summed E-state index contributed by atoms with van der Waals surface area (Å²) in [5, 5.41) is 3.78. The van der Waals surface area contributed by atoms with Gasteiger partial charge in [0.2, 0.25) is 0 Å². The van der Waals surface area contributed by atoms with Gasteiger partial charge in [0.15, 0.2) is 0 Å². The number of hydrazine groups is 1. The van der Waals surface area contributed by atoms with E-state index in [2.05, 4.69) is 22.9 Å². The van der Waals surface area contributed by atoms with Crippen molar-refractivity contribution in [2.75, 3.05) is 0 Å². The molecular weight excluding hydrogens is 307 g/mol. The molecule has 0 aliphatic carbocycles. The van der Waals surface area contributed by atoms with Gasteiger partial charge in [-0.05, 0) is 47.0 Å². The highest BCUT2D eigenvalue weighted by Gasteiger charge is 2.17. The van der Waals surface area contributed by atoms with Crippen molar-refractivity contribution in [3.63, 3.8) is 0 Å². The van der Waals surface area contributed by atoms with E-state index >= 15 is 0 Å². The Hall–Kier alpha value is -1.46. The van der Waals surface area contributed by atoms with Crippen molar-refractivity contribution in [1.82, 2.24) is 5.43 Å². The lowest BCUT2D eigenvalue weighted by molar-refractivity contribution is 0.512. The van der Waals surface area contributed by atoms with Gasteiger partial charge in [-0.1, -0.05) is 29.8 Å². The summed E-state index contributed by atoms with van der Waals surface area (Å²) in [6, 6.07) is 12.4. The van der Waals surface area contributed by atoms with Crippen LogP contribution >= 0.6 is 22.9 Å². The second-order valence-corrected chi connectivity index (χ2v) is 6.19. The van der Waals surface area contributed by atoms with Crippen LogP contribution in [0.4, 0.5) is 4.39 Å². The average molecular weight is 321 g/mol. The Labute approximate surface area is 131 Å². The van der Waals surface area contributed by atoms with Crippen LogP contribution in [0.1, 0.15) is 17.2 Å². The van der Waals surface area contributed by atoms with Crippen LogP contribution in [0.15, 0.2) is 47.8 Å². The Balaban J connectivity index is 1.96. The van der Waals surface area contributed by atoms with Crippen LogP contribution < -0.4 is 11.3 Å². The number of halogens is 2. The summed E-state index contributed by atoms with van der Waals surface area (Å²) in [7, 11) is 0. The van der Waals surface area contributed by atoms with Gasteiger partial charge < -0.3 is 0 Å². The van der Waals surface area contributed by atoms with Crippen molar-refractivity contribution in [3.05, 3.63) is 69.8 Å². The monoisotopic (exact) mass is 320 g/mol. The minimum atomic E-state index is -0.318. The standard InChI is InChI=1S/C16H14ClFN2S/c17-11-5-6-14(18)13(8-11)15(20-19)7-10-9-21-16-4-2-1-3-12(10)16/h1-6,8-9,15,20H,7,19H2. The van der Waals surface area contributed by atoms with Crippen LogP contribution in [0.25, 0.3) is 10.1 Å². The van der Waals surface area contributed by atoms with E-state index in [1.54, 1.807) is 17.4 Å². The summed E-state index contributed by atoms with van der Waals surface area (Å²) in [5.41, 5.74) is 4.33. The summed E-state index contributed by atoms with van der Waals surface area (Å²) < 4.78 is 15.2. The van der Waals surface area contributed by atoms with Crippen LogP contribution in [0, 0.1) is 5.82 Å². The van der Waals surface area contributed by atoms with Gasteiger partial charge in [0, 0.05) is 15.3 Å². The number of rotatable bonds is 4. The molecule has 0 fully saturated rings. The highest BCUT2D eigenvalue weighted by molar-refractivity contribution is 7.17. The summed E-state index contributed by atoms with van der Waals surface area (Å²) in [6.45, 7) is 0. The van der Waals surface area contributed by atoms with Gasteiger partial charge >= 0.3 is 0 Å². The van der Waals surface area contributed by atoms with E-state index in [4.69, 9.17) is 17.4 Å². The molecule has 0 spiro atoms. The highest BCUT2D eigenvalue weighted by Crippen LogP contribution is 2.30. The van der Waals surface area contributed by atoms with Crippen molar-refractivity contribution in [2.24, 2.45) is 5.84 Å². The molecule has 3 aromatic rings. The van der Waals surface area contributed by atoms with Gasteiger partial charge in [0.1, 0.15) is 5.82 Å². The molecule has 0 bridgehead atoms. The molecule has 0 radical (unpaired) electrons. The topological polar surface area (TPSA) is 38.0 Å². The first-order valence-electron chi connectivity index (χ1n) is 6.55. The molecule has 0 amide bonds. The third-order valence-electron chi connectivity index (χ3n) is 3.52. The minimum absolute atomic E-state index is 0.304. The molecule has 0 saturated carbocycles. The molecule has 5 heteroatoms. The maximum atomic E-state index is 14.0. The number of nitrogens with one attached hydrogen (secondary N) is 1. The molecule has 3 rings (SSSR count). The second kappa shape index (κ2) is 6.12. The minimum Gasteiger partial charge on any atom is -0.271 e. The lowest BCUT2D eigenvalue weighted by Gasteiger charge is -2.17. The van der Waals surface area contributed by atoms with E-state index in [9.17, 15) is 4.39 Å². The Morgan fingerprint density at radius 2 is 2.05 bits per heavy atom. The fourth-order valence-corrected chi connectivity index (χ4v) is 3.61. The molecule has 2 nitrogen and oxygen atoms in total. The van der Waals surface area contributed by atoms with Crippen molar-refractivity contribution < 1.29 is 4.39 Å². The Kier molecular flexibility index (Phi) is 4.22. The molecule has 2 aromatic carbocycles. The van der Waals surface area contributed by atoms with Crippen molar-refractivity contribution in [1.29, 1.82) is 0 Å². The summed E-state index contributed by atoms with van der Waals surface area (Å²) in [5.74, 6) is 5.32. The number of thiophene rings is 1. The molecule has 0 saturated heterocycles. The SMILES string of the molecule is NNC(Cc1csc2ccccc12)c1cc(Cl)ccc1F. The highest BCUT2D eigenvalue weighted by atomic mass is 35.5. The maximum Gasteiger partial charge on any atom is 0.128 e. The van der Waals surface area contributed by atoms with Crippen LogP contribution in [-0.2, 0) is 6.42 Å². The van der Waals surface area contributed by atoms with Crippen molar-refractivity contribution in [3.8, 4) is 0 Å². The van der Waals surface area contributed by atoms with E-state index in [0.29, 0.717) is 17.0 Å². The molecule has 21 heavy (non-hydrogen) atoms. The van der Waals surface area contributed by atoms with E-state index < -0.39 is 0 Å². The first-order chi connectivity index (χ1) is 10.2. The summed E-state index contributed by atoms with van der Waals surface area (Å²) >= 11 is 7.64. The molecule has 1 heterocycles. The Morgan fingerprint density at radius 3 is 2.86 bits per heavy atom. The Morgan fingerprint density at radius 1 is 1.24 bits per heavy atom. The number of benzene rings is 2. The van der Waals surface area contributed by atoms with E-state index in [1.807, 2.05) is 12.1 Å². The normalized spacial score (nSPS) is 12.7. The predicted octanol–water partition coefficient (Wildman–Crippen LogP) is 4.44. The molecule has 0 aliphatic rings. The summed E-state index contributed by atoms with van der Waals surface area (Å²) in [4.78, 5) is 0. The van der Waals surface area contributed by atoms with Crippen LogP contribution in [-0.4, -0.2) is 0 Å². The first-order valence-corrected chi connectivity index (χ1v) is 7.81. The molecular formula is C16H14ClFN2S. The third kappa shape index (κ3) is 2.94. The van der Waals surface area contributed by atoms with Crippen LogP contribution in [0.2, 0.25) is 5.02 Å². The number of fused-ring (bicyclic) bond motifs is 1. The molecule has 1 aromatic heterocycles. The zero-order chi connectivity index (χ0) is 14.8. The van der Waals surface area contributed by atoms with Gasteiger partial charge in [-0.2, -0.15) is 0 Å². The first kappa shape index (κ1) is 14.5. The average Bonchev–Trinajstić information content (AvgIpc) is 2.91. The van der Waals surface area contributed by atoms with E-state index in [1.165, 1.54) is 22.2 Å². The lowest BCUT2D eigenvalue weighted by Crippen LogP contribution is -2.30. The van der Waals surface area contributed by atoms with Gasteiger partial charge in [-0.3, -0.25) is 11.3 Å². The zero-order valence-corrected chi connectivity index (χ0v) is 12.7. The maximum absolute atomic E-state index is 14.0. The summed E-state index contributed by atoms with van der Waals surface area (Å²) in [6.07, 6.45) is 0.609. The largest absolute Gasteiger partial charge is 0.271 e. The van der Waals surface area contributed by atoms with Crippen LogP contribution in [0.3, 0.4) is 0 Å². The second-order valence-electron chi connectivity index (χ2n) is 4.85. The molecule has 1 atom stereocenters. The molecule has 0 aliphatic heterocycles. The van der Waals surface area contributed by atoms with Gasteiger partial charge in [0.05, 0.1) is 6.04 Å². The fourth-order valence-electron chi connectivity index (χ4n) is 2.45. The van der Waals surface area contributed by atoms with Gasteiger partial charge in [-0.15, -0.1) is 11.3 Å². The van der Waals surface area contributed by atoms with E-state index in [0.717, 1.165) is 5.56 Å². The number of nitrogens with two attached hydrogens (primary N) is 1. The fraction of sp³-hybridized carbons (Fsp3) is 0.125. The van der Waals surface area contributed by atoms with Crippen molar-refractivity contribution in [2.45, 2.75) is 12.5 Å². The molecule has 108 valence electrons. The number of hydrogen-bond donors (Lipinski definition) is 2. The quantitative estimate of drug-likeness (QED) is 0.551. The molecule has 1 unspecified atom stereocenters. The third-order valence-corrected chi connectivity index (χ3v) is 4.77. The number of hydrogen-bond acceptors (Lipinski definition) is 3. The van der Waals surface area contributed by atoms with Crippen molar-refractivity contribution >= 4 is 33.0 Å². The smallest absolute Gasteiger partial charge is 0.128 e. The lowest BCUT2D eigenvalue weighted by atomic mass is 9.98. The molecule has 3 N–H and O–H groups in total. The van der Waals surface area contributed by atoms with Gasteiger partial charge in [0.25, 0.3) is 0 Å². The zero-order valence-electron chi connectivity index (χ0n) is 11.1. The van der Waals surface area contributed by atoms with Crippen LogP contribution in [0.5, 0.6) is 0 Å². The van der Waals surface area contributed by atoms with Gasteiger partial charge in [-0.25, -0.2) is 4.39 Å². The Bertz CT molecular complexity index is 772.